The van der Waals surface area contributed by atoms with Crippen molar-refractivity contribution < 1.29 is 9.53 Å². The molecular formula is C24H19BrN2O2. The van der Waals surface area contributed by atoms with Crippen molar-refractivity contribution in [1.29, 1.82) is 0 Å². The summed E-state index contributed by atoms with van der Waals surface area (Å²) in [7, 11) is 0. The molecule has 0 aromatic heterocycles. The molecule has 0 radical (unpaired) electrons. The maximum atomic E-state index is 13.3. The lowest BCUT2D eigenvalue weighted by Gasteiger charge is -2.11. The van der Waals surface area contributed by atoms with E-state index in [-0.39, 0.29) is 5.91 Å². The van der Waals surface area contributed by atoms with Crippen molar-refractivity contribution in [2.24, 2.45) is 5.10 Å². The zero-order valence-electron chi connectivity index (χ0n) is 15.9. The Morgan fingerprint density at radius 3 is 2.34 bits per heavy atom. The topological polar surface area (TPSA) is 41.9 Å². The van der Waals surface area contributed by atoms with Crippen LogP contribution in [0.4, 0.5) is 5.69 Å². The second-order valence-corrected chi connectivity index (χ2v) is 7.30. The van der Waals surface area contributed by atoms with Gasteiger partial charge in [0.2, 0.25) is 0 Å². The van der Waals surface area contributed by atoms with Crippen molar-refractivity contribution in [3.05, 3.63) is 100 Å². The fraction of sp³-hybridized carbons (Fsp3) is 0.0833. The molecule has 29 heavy (non-hydrogen) atoms. The Labute approximate surface area is 178 Å². The maximum Gasteiger partial charge on any atom is 0.281 e. The van der Waals surface area contributed by atoms with E-state index in [0.29, 0.717) is 17.9 Å². The molecule has 0 N–H and O–H groups in total. The minimum Gasteiger partial charge on any atom is -0.493 e. The van der Waals surface area contributed by atoms with Gasteiger partial charge in [-0.15, -0.1) is 0 Å². The van der Waals surface area contributed by atoms with Gasteiger partial charge in [-0.2, -0.15) is 10.1 Å². The predicted octanol–water partition coefficient (Wildman–Crippen LogP) is 5.68. The number of hydrogen-bond donors (Lipinski definition) is 0. The Bertz CT molecular complexity index is 1090. The highest BCUT2D eigenvalue weighted by Crippen LogP contribution is 2.30. The zero-order chi connectivity index (χ0) is 20.2. The molecule has 5 heteroatoms. The molecule has 3 aromatic rings. The lowest BCUT2D eigenvalue weighted by atomic mass is 10.0. The number of hydrogen-bond acceptors (Lipinski definition) is 3. The van der Waals surface area contributed by atoms with Crippen molar-refractivity contribution in [3.8, 4) is 5.75 Å². The van der Waals surface area contributed by atoms with Gasteiger partial charge in [-0.25, -0.2) is 0 Å². The van der Waals surface area contributed by atoms with Crippen molar-refractivity contribution >= 4 is 39.3 Å². The van der Waals surface area contributed by atoms with E-state index < -0.39 is 0 Å². The third-order valence-electron chi connectivity index (χ3n) is 4.49. The molecule has 0 atom stereocenters. The van der Waals surface area contributed by atoms with E-state index in [2.05, 4.69) is 21.0 Å². The normalized spacial score (nSPS) is 15.0. The summed E-state index contributed by atoms with van der Waals surface area (Å²) in [5, 5.41) is 6.11. The van der Waals surface area contributed by atoms with Crippen LogP contribution in [0.1, 0.15) is 18.1 Å². The van der Waals surface area contributed by atoms with Gasteiger partial charge in [-0.05, 0) is 58.8 Å². The first-order valence-corrected chi connectivity index (χ1v) is 10.1. The van der Waals surface area contributed by atoms with Crippen LogP contribution < -0.4 is 9.75 Å². The lowest BCUT2D eigenvalue weighted by molar-refractivity contribution is -0.114. The van der Waals surface area contributed by atoms with Crippen molar-refractivity contribution in [1.82, 2.24) is 0 Å². The average molecular weight is 447 g/mol. The van der Waals surface area contributed by atoms with Crippen LogP contribution in [-0.4, -0.2) is 18.2 Å². The SMILES string of the molecule is CCOc1ccc(/C=C2\C(=O)N(c3ccccc3)N=C2c2ccccc2)cc1Br. The highest BCUT2D eigenvalue weighted by Gasteiger charge is 2.31. The van der Waals surface area contributed by atoms with Crippen molar-refractivity contribution in [2.45, 2.75) is 6.92 Å². The Kier molecular flexibility index (Phi) is 5.58. The van der Waals surface area contributed by atoms with Gasteiger partial charge in [0.15, 0.2) is 0 Å². The second-order valence-electron chi connectivity index (χ2n) is 6.45. The summed E-state index contributed by atoms with van der Waals surface area (Å²) in [6.07, 6.45) is 1.87. The summed E-state index contributed by atoms with van der Waals surface area (Å²) >= 11 is 3.54. The van der Waals surface area contributed by atoms with Crippen LogP contribution in [0.25, 0.3) is 6.08 Å². The number of anilines is 1. The van der Waals surface area contributed by atoms with Crippen LogP contribution in [-0.2, 0) is 4.79 Å². The molecule has 0 spiro atoms. The Morgan fingerprint density at radius 1 is 1.00 bits per heavy atom. The standard InChI is InChI=1S/C24H19BrN2O2/c1-2-29-22-14-13-17(16-21(22)25)15-20-23(18-9-5-3-6-10-18)26-27(24(20)28)19-11-7-4-8-12-19/h3-16H,2H2,1H3/b20-15-. The van der Waals surface area contributed by atoms with Crippen LogP contribution in [0.15, 0.2) is 94.0 Å². The van der Waals surface area contributed by atoms with Crippen LogP contribution >= 0.6 is 15.9 Å². The summed E-state index contributed by atoms with van der Waals surface area (Å²) in [6, 6.07) is 25.0. The smallest absolute Gasteiger partial charge is 0.281 e. The number of rotatable bonds is 5. The number of para-hydroxylation sites is 1. The molecule has 0 bridgehead atoms. The van der Waals surface area contributed by atoms with E-state index in [4.69, 9.17) is 4.74 Å². The van der Waals surface area contributed by atoms with E-state index in [1.165, 1.54) is 5.01 Å². The van der Waals surface area contributed by atoms with Crippen LogP contribution in [0.5, 0.6) is 5.75 Å². The molecule has 1 amide bonds. The van der Waals surface area contributed by atoms with Gasteiger partial charge >= 0.3 is 0 Å². The molecule has 0 fully saturated rings. The van der Waals surface area contributed by atoms with Gasteiger partial charge in [-0.3, -0.25) is 4.79 Å². The summed E-state index contributed by atoms with van der Waals surface area (Å²) in [4.78, 5) is 13.3. The van der Waals surface area contributed by atoms with Gasteiger partial charge in [0.25, 0.3) is 5.91 Å². The number of carbonyl (C=O) groups is 1. The number of hydrazone groups is 1. The molecule has 0 aliphatic carbocycles. The molecule has 144 valence electrons. The molecule has 4 rings (SSSR count). The zero-order valence-corrected chi connectivity index (χ0v) is 17.5. The first kappa shape index (κ1) is 19.2. The fourth-order valence-electron chi connectivity index (χ4n) is 3.14. The Hall–Kier alpha value is -3.18. The molecule has 0 saturated carbocycles. The largest absolute Gasteiger partial charge is 0.493 e. The first-order chi connectivity index (χ1) is 14.2. The van der Waals surface area contributed by atoms with Crippen molar-refractivity contribution in [2.75, 3.05) is 11.6 Å². The number of benzene rings is 3. The van der Waals surface area contributed by atoms with Gasteiger partial charge in [-0.1, -0.05) is 54.6 Å². The van der Waals surface area contributed by atoms with E-state index >= 15 is 0 Å². The molecule has 0 unspecified atom stereocenters. The second kappa shape index (κ2) is 8.45. The van der Waals surface area contributed by atoms with Crippen LogP contribution in [0.3, 0.4) is 0 Å². The van der Waals surface area contributed by atoms with Gasteiger partial charge in [0.05, 0.1) is 22.3 Å². The number of amides is 1. The highest BCUT2D eigenvalue weighted by atomic mass is 79.9. The van der Waals surface area contributed by atoms with E-state index in [0.717, 1.165) is 27.0 Å². The summed E-state index contributed by atoms with van der Waals surface area (Å²) in [6.45, 7) is 2.54. The maximum absolute atomic E-state index is 13.3. The number of carbonyl (C=O) groups excluding carboxylic acids is 1. The predicted molar refractivity (Wildman–Crippen MR) is 120 cm³/mol. The van der Waals surface area contributed by atoms with E-state index in [1.807, 2.05) is 91.9 Å². The fourth-order valence-corrected chi connectivity index (χ4v) is 3.66. The third kappa shape index (κ3) is 4.00. The Morgan fingerprint density at radius 2 is 1.69 bits per heavy atom. The van der Waals surface area contributed by atoms with E-state index in [1.54, 1.807) is 0 Å². The molecular weight excluding hydrogens is 428 g/mol. The number of nitrogens with zero attached hydrogens (tertiary/aromatic N) is 2. The van der Waals surface area contributed by atoms with Gasteiger partial charge < -0.3 is 4.74 Å². The molecule has 1 aliphatic heterocycles. The monoisotopic (exact) mass is 446 g/mol. The molecule has 4 nitrogen and oxygen atoms in total. The first-order valence-electron chi connectivity index (χ1n) is 9.35. The minimum atomic E-state index is -0.153. The number of ether oxygens (including phenoxy) is 1. The van der Waals surface area contributed by atoms with Crippen LogP contribution in [0, 0.1) is 0 Å². The number of halogens is 1. The minimum absolute atomic E-state index is 0.153. The average Bonchev–Trinajstić information content (AvgIpc) is 3.08. The summed E-state index contributed by atoms with van der Waals surface area (Å²) < 4.78 is 6.43. The molecule has 0 saturated heterocycles. The third-order valence-corrected chi connectivity index (χ3v) is 5.11. The molecule has 1 aliphatic rings. The van der Waals surface area contributed by atoms with Crippen LogP contribution in [0.2, 0.25) is 0 Å². The van der Waals surface area contributed by atoms with Gasteiger partial charge in [0.1, 0.15) is 11.5 Å². The van der Waals surface area contributed by atoms with E-state index in [9.17, 15) is 4.79 Å². The Balaban J connectivity index is 1.78. The highest BCUT2D eigenvalue weighted by molar-refractivity contribution is 9.10. The summed E-state index contributed by atoms with van der Waals surface area (Å²) in [5.41, 5.74) is 3.74. The molecule has 1 heterocycles. The quantitative estimate of drug-likeness (QED) is 0.472. The lowest BCUT2D eigenvalue weighted by Crippen LogP contribution is -2.21. The van der Waals surface area contributed by atoms with Crippen molar-refractivity contribution in [3.63, 3.8) is 0 Å². The molecule has 3 aromatic carbocycles. The summed E-state index contributed by atoms with van der Waals surface area (Å²) in [5.74, 6) is 0.621. The van der Waals surface area contributed by atoms with Gasteiger partial charge in [0, 0.05) is 5.56 Å².